The molecule has 1 atom stereocenters. The van der Waals surface area contributed by atoms with Gasteiger partial charge in [-0.1, -0.05) is 62.4 Å². The van der Waals surface area contributed by atoms with E-state index < -0.39 is 10.0 Å². The lowest BCUT2D eigenvalue weighted by molar-refractivity contribution is 0.571. The van der Waals surface area contributed by atoms with Gasteiger partial charge in [0.1, 0.15) is 10.7 Å². The van der Waals surface area contributed by atoms with Gasteiger partial charge in [-0.15, -0.1) is 0 Å². The Kier molecular flexibility index (Phi) is 4.88. The van der Waals surface area contributed by atoms with E-state index in [1.54, 1.807) is 0 Å². The SMILES string of the molecule is CC1=C(c2ccc(C(C)C)cc2)S(=O)(=O)NC1=N[C@@H]1CCCc2ccccc21. The fraction of sp³-hybridized carbons (Fsp3) is 0.348. The molecule has 1 heterocycles. The minimum atomic E-state index is -3.60. The Bertz CT molecular complexity index is 1060. The summed E-state index contributed by atoms with van der Waals surface area (Å²) in [5.41, 5.74) is 5.13. The number of benzene rings is 2. The number of aryl methyl sites for hydroxylation is 1. The van der Waals surface area contributed by atoms with Crippen LogP contribution in [0.4, 0.5) is 0 Å². The van der Waals surface area contributed by atoms with Crippen molar-refractivity contribution in [3.8, 4) is 0 Å². The third-order valence-corrected chi connectivity index (χ3v) is 7.20. The van der Waals surface area contributed by atoms with Crippen molar-refractivity contribution in [3.05, 3.63) is 76.4 Å². The summed E-state index contributed by atoms with van der Waals surface area (Å²) >= 11 is 0. The van der Waals surface area contributed by atoms with E-state index in [-0.39, 0.29) is 6.04 Å². The van der Waals surface area contributed by atoms with Gasteiger partial charge in [-0.05, 0) is 54.4 Å². The lowest BCUT2D eigenvalue weighted by Gasteiger charge is -2.22. The van der Waals surface area contributed by atoms with Gasteiger partial charge in [0.05, 0.1) is 6.04 Å². The van der Waals surface area contributed by atoms with Crippen molar-refractivity contribution < 1.29 is 8.42 Å². The monoisotopic (exact) mass is 394 g/mol. The number of nitrogens with zero attached hydrogens (tertiary/aromatic N) is 1. The summed E-state index contributed by atoms with van der Waals surface area (Å²) in [7, 11) is -3.60. The van der Waals surface area contributed by atoms with E-state index in [2.05, 4.69) is 36.8 Å². The fourth-order valence-corrected chi connectivity index (χ4v) is 5.60. The van der Waals surface area contributed by atoms with Crippen molar-refractivity contribution in [1.29, 1.82) is 0 Å². The van der Waals surface area contributed by atoms with E-state index in [9.17, 15) is 8.42 Å². The minimum absolute atomic E-state index is 0.000247. The summed E-state index contributed by atoms with van der Waals surface area (Å²) in [6.07, 6.45) is 3.07. The lowest BCUT2D eigenvalue weighted by atomic mass is 9.88. The predicted octanol–water partition coefficient (Wildman–Crippen LogP) is 4.95. The van der Waals surface area contributed by atoms with Crippen molar-refractivity contribution in [2.45, 2.75) is 52.0 Å². The van der Waals surface area contributed by atoms with E-state index in [0.29, 0.717) is 27.8 Å². The highest BCUT2D eigenvalue weighted by Crippen LogP contribution is 2.35. The fourth-order valence-electron chi connectivity index (χ4n) is 4.10. The van der Waals surface area contributed by atoms with Gasteiger partial charge in [0, 0.05) is 5.57 Å². The molecule has 0 unspecified atom stereocenters. The maximum Gasteiger partial charge on any atom is 0.264 e. The Morgan fingerprint density at radius 1 is 1.07 bits per heavy atom. The number of fused-ring (bicyclic) bond motifs is 1. The van der Waals surface area contributed by atoms with Crippen LogP contribution in [0.3, 0.4) is 0 Å². The summed E-state index contributed by atoms with van der Waals surface area (Å²) in [5, 5.41) is 0. The number of rotatable bonds is 3. The largest absolute Gasteiger partial charge is 0.264 e. The lowest BCUT2D eigenvalue weighted by Crippen LogP contribution is -2.24. The zero-order chi connectivity index (χ0) is 19.9. The molecule has 0 aromatic heterocycles. The van der Waals surface area contributed by atoms with Crippen LogP contribution >= 0.6 is 0 Å². The molecule has 0 fully saturated rings. The highest BCUT2D eigenvalue weighted by Gasteiger charge is 2.33. The van der Waals surface area contributed by atoms with Gasteiger partial charge in [-0.2, -0.15) is 0 Å². The minimum Gasteiger partial charge on any atom is -0.263 e. The van der Waals surface area contributed by atoms with Crippen LogP contribution in [0.15, 0.2) is 59.1 Å². The smallest absolute Gasteiger partial charge is 0.263 e. The maximum atomic E-state index is 12.8. The van der Waals surface area contributed by atoms with Gasteiger partial charge >= 0.3 is 0 Å². The number of aliphatic imine (C=N–C) groups is 1. The van der Waals surface area contributed by atoms with Crippen LogP contribution in [0.5, 0.6) is 0 Å². The van der Waals surface area contributed by atoms with Crippen LogP contribution in [0.2, 0.25) is 0 Å². The van der Waals surface area contributed by atoms with Crippen LogP contribution in [0.25, 0.3) is 4.91 Å². The van der Waals surface area contributed by atoms with E-state index in [4.69, 9.17) is 4.99 Å². The second-order valence-corrected chi connectivity index (χ2v) is 9.54. The molecule has 2 aromatic carbocycles. The van der Waals surface area contributed by atoms with Crippen molar-refractivity contribution >= 4 is 20.8 Å². The molecule has 28 heavy (non-hydrogen) atoms. The van der Waals surface area contributed by atoms with E-state index in [1.807, 2.05) is 37.3 Å². The van der Waals surface area contributed by atoms with Crippen LogP contribution in [0, 0.1) is 0 Å². The van der Waals surface area contributed by atoms with Gasteiger partial charge in [-0.3, -0.25) is 9.71 Å². The van der Waals surface area contributed by atoms with Crippen molar-refractivity contribution in [1.82, 2.24) is 4.72 Å². The number of sulfonamides is 1. The first-order chi connectivity index (χ1) is 13.4. The summed E-state index contributed by atoms with van der Waals surface area (Å²) in [6.45, 7) is 6.09. The zero-order valence-electron chi connectivity index (χ0n) is 16.6. The van der Waals surface area contributed by atoms with Crippen LogP contribution < -0.4 is 4.72 Å². The first-order valence-electron chi connectivity index (χ1n) is 9.87. The Morgan fingerprint density at radius 2 is 1.79 bits per heavy atom. The number of amidine groups is 1. The third kappa shape index (κ3) is 3.39. The molecule has 0 saturated heterocycles. The Hall–Kier alpha value is -2.40. The molecule has 1 aliphatic carbocycles. The van der Waals surface area contributed by atoms with Gasteiger partial charge in [-0.25, -0.2) is 8.42 Å². The molecule has 0 amide bonds. The van der Waals surface area contributed by atoms with Crippen molar-refractivity contribution in [2.24, 2.45) is 4.99 Å². The summed E-state index contributed by atoms with van der Waals surface area (Å²) in [5.74, 6) is 0.885. The molecule has 0 radical (unpaired) electrons. The van der Waals surface area contributed by atoms with Crippen molar-refractivity contribution in [3.63, 3.8) is 0 Å². The Balaban J connectivity index is 1.74. The molecule has 0 saturated carbocycles. The van der Waals surface area contributed by atoms with Crippen LogP contribution in [-0.4, -0.2) is 14.3 Å². The van der Waals surface area contributed by atoms with Gasteiger partial charge in [0.15, 0.2) is 0 Å². The molecule has 0 bridgehead atoms. The standard InChI is InChI=1S/C23H26N2O2S/c1-15(2)17-11-13-19(14-12-17)22-16(3)23(25-28(22,26)27)24-21-10-6-8-18-7-4-5-9-20(18)21/h4-5,7,9,11-15,21H,6,8,10H2,1-3H3,(H,24,25)/t21-/m1/s1. The van der Waals surface area contributed by atoms with Gasteiger partial charge < -0.3 is 0 Å². The molecular formula is C23H26N2O2S. The number of hydrogen-bond acceptors (Lipinski definition) is 3. The Morgan fingerprint density at radius 3 is 2.50 bits per heavy atom. The average Bonchev–Trinajstić information content (AvgIpc) is 2.90. The van der Waals surface area contributed by atoms with Gasteiger partial charge in [0.2, 0.25) is 0 Å². The maximum absolute atomic E-state index is 12.8. The highest BCUT2D eigenvalue weighted by molar-refractivity contribution is 8.00. The first-order valence-corrected chi connectivity index (χ1v) is 11.3. The van der Waals surface area contributed by atoms with Gasteiger partial charge in [0.25, 0.3) is 10.0 Å². The van der Waals surface area contributed by atoms with E-state index in [1.165, 1.54) is 16.7 Å². The molecule has 4 nitrogen and oxygen atoms in total. The second-order valence-electron chi connectivity index (χ2n) is 7.92. The third-order valence-electron chi connectivity index (χ3n) is 5.66. The normalized spacial score (nSPS) is 22.4. The summed E-state index contributed by atoms with van der Waals surface area (Å²) in [4.78, 5) is 5.18. The molecule has 5 heteroatoms. The predicted molar refractivity (Wildman–Crippen MR) is 115 cm³/mol. The molecule has 0 spiro atoms. The number of nitrogens with one attached hydrogen (secondary N) is 1. The topological polar surface area (TPSA) is 58.5 Å². The molecule has 2 aromatic rings. The molecule has 2 aliphatic rings. The highest BCUT2D eigenvalue weighted by atomic mass is 32.2. The zero-order valence-corrected chi connectivity index (χ0v) is 17.4. The second kappa shape index (κ2) is 7.21. The van der Waals surface area contributed by atoms with Crippen LogP contribution in [-0.2, 0) is 16.4 Å². The van der Waals surface area contributed by atoms with E-state index in [0.717, 1.165) is 19.3 Å². The van der Waals surface area contributed by atoms with Crippen molar-refractivity contribution in [2.75, 3.05) is 0 Å². The molecule has 4 rings (SSSR count). The quantitative estimate of drug-likeness (QED) is 0.801. The average molecular weight is 395 g/mol. The molecular weight excluding hydrogens is 368 g/mol. The molecule has 1 N–H and O–H groups in total. The summed E-state index contributed by atoms with van der Waals surface area (Å²) in [6, 6.07) is 16.1. The molecule has 1 aliphatic heterocycles. The first kappa shape index (κ1) is 18.9. The number of hydrogen-bond donors (Lipinski definition) is 1. The van der Waals surface area contributed by atoms with E-state index >= 15 is 0 Å². The Labute approximate surface area is 167 Å². The molecule has 146 valence electrons. The summed E-state index contributed by atoms with van der Waals surface area (Å²) < 4.78 is 28.4. The van der Waals surface area contributed by atoms with Crippen LogP contribution in [0.1, 0.15) is 67.8 Å².